The lowest BCUT2D eigenvalue weighted by Crippen LogP contribution is -2.24. The molecule has 1 N–H and O–H groups in total. The molecule has 4 aromatic rings. The maximum atomic E-state index is 12.4. The van der Waals surface area contributed by atoms with Crippen molar-refractivity contribution < 1.29 is 32.2 Å². The normalized spacial score (nSPS) is 12.1. The van der Waals surface area contributed by atoms with Crippen molar-refractivity contribution in [3.05, 3.63) is 65.5 Å². The number of H-pyrrole nitrogens is 1. The van der Waals surface area contributed by atoms with E-state index in [1.54, 1.807) is 11.7 Å². The van der Waals surface area contributed by atoms with Crippen LogP contribution in [0.3, 0.4) is 0 Å². The van der Waals surface area contributed by atoms with Crippen LogP contribution in [0.25, 0.3) is 22.2 Å². The van der Waals surface area contributed by atoms with Crippen LogP contribution in [0.15, 0.2) is 48.7 Å². The van der Waals surface area contributed by atoms with Crippen LogP contribution in [-0.2, 0) is 29.6 Å². The minimum atomic E-state index is -4.74. The highest BCUT2D eigenvalue weighted by Crippen LogP contribution is 2.30. The van der Waals surface area contributed by atoms with Gasteiger partial charge in [0.05, 0.1) is 17.8 Å². The molecule has 7 nitrogen and oxygen atoms in total. The van der Waals surface area contributed by atoms with Gasteiger partial charge in [0.1, 0.15) is 23.7 Å². The second-order valence-electron chi connectivity index (χ2n) is 9.75. The number of hydrogen-bond donors (Lipinski definition) is 1. The molecular weight excluding hydrogens is 487 g/mol. The summed E-state index contributed by atoms with van der Waals surface area (Å²) in [5.41, 5.74) is 4.15. The summed E-state index contributed by atoms with van der Waals surface area (Å²) in [6.45, 7) is 7.70. The van der Waals surface area contributed by atoms with E-state index < -0.39 is 12.0 Å². The second-order valence-corrected chi connectivity index (χ2v) is 9.75. The molecule has 2 aromatic carbocycles. The van der Waals surface area contributed by atoms with Gasteiger partial charge in [0.15, 0.2) is 0 Å². The van der Waals surface area contributed by atoms with Crippen molar-refractivity contribution in [2.45, 2.75) is 52.7 Å². The van der Waals surface area contributed by atoms with E-state index in [9.17, 15) is 18.0 Å². The van der Waals surface area contributed by atoms with Gasteiger partial charge in [-0.2, -0.15) is 5.10 Å². The van der Waals surface area contributed by atoms with Gasteiger partial charge in [-0.25, -0.2) is 0 Å². The molecule has 0 spiro atoms. The Hall–Kier alpha value is -3.95. The SMILES string of the molecule is Cc1cc(OCc2cc(-c3ccc(OC(F)(F)F)cc3)nn2C)cc2[nH]cc(CC(=O)OC(C)(C)C)c12. The number of hydrogen-bond acceptors (Lipinski definition) is 5. The number of nitrogens with zero attached hydrogens (tertiary/aromatic N) is 2. The average Bonchev–Trinajstić information content (AvgIpc) is 3.34. The summed E-state index contributed by atoms with van der Waals surface area (Å²) < 4.78 is 54.2. The number of esters is 1. The van der Waals surface area contributed by atoms with Gasteiger partial charge in [0.25, 0.3) is 0 Å². The van der Waals surface area contributed by atoms with Gasteiger partial charge in [-0.15, -0.1) is 13.2 Å². The number of ether oxygens (including phenoxy) is 3. The molecule has 0 amide bonds. The summed E-state index contributed by atoms with van der Waals surface area (Å²) in [7, 11) is 1.77. The van der Waals surface area contributed by atoms with Gasteiger partial charge < -0.3 is 19.2 Å². The zero-order valence-electron chi connectivity index (χ0n) is 21.2. The van der Waals surface area contributed by atoms with E-state index in [1.807, 2.05) is 52.1 Å². The number of rotatable bonds is 7. The number of aryl methyl sites for hydroxylation is 2. The highest BCUT2D eigenvalue weighted by Gasteiger charge is 2.31. The van der Waals surface area contributed by atoms with Gasteiger partial charge in [0.2, 0.25) is 0 Å². The quantitative estimate of drug-likeness (QED) is 0.295. The molecule has 0 aliphatic carbocycles. The summed E-state index contributed by atoms with van der Waals surface area (Å²) in [5, 5.41) is 5.40. The van der Waals surface area contributed by atoms with Gasteiger partial charge >= 0.3 is 12.3 Å². The van der Waals surface area contributed by atoms with Gasteiger partial charge in [-0.05, 0) is 75.2 Å². The van der Waals surface area contributed by atoms with Crippen LogP contribution in [0.2, 0.25) is 0 Å². The summed E-state index contributed by atoms with van der Waals surface area (Å²) in [6, 6.07) is 11.1. The number of carbonyl (C=O) groups is 1. The molecule has 0 saturated heterocycles. The highest BCUT2D eigenvalue weighted by atomic mass is 19.4. The maximum absolute atomic E-state index is 12.4. The zero-order valence-corrected chi connectivity index (χ0v) is 21.2. The first kappa shape index (κ1) is 26.1. The molecule has 0 atom stereocenters. The first-order chi connectivity index (χ1) is 17.3. The number of fused-ring (bicyclic) bond motifs is 1. The summed E-state index contributed by atoms with van der Waals surface area (Å²) in [6.07, 6.45) is -2.76. The number of benzene rings is 2. The Kier molecular flexibility index (Phi) is 6.94. The number of nitrogens with one attached hydrogen (secondary N) is 1. The lowest BCUT2D eigenvalue weighted by atomic mass is 10.0. The molecule has 0 bridgehead atoms. The second kappa shape index (κ2) is 9.84. The molecule has 0 unspecified atom stereocenters. The minimum Gasteiger partial charge on any atom is -0.487 e. The Morgan fingerprint density at radius 2 is 1.76 bits per heavy atom. The van der Waals surface area contributed by atoms with E-state index in [1.165, 1.54) is 24.3 Å². The van der Waals surface area contributed by atoms with E-state index in [-0.39, 0.29) is 24.7 Å². The molecule has 0 aliphatic heterocycles. The molecule has 0 radical (unpaired) electrons. The maximum Gasteiger partial charge on any atom is 0.573 e. The fraction of sp³-hybridized carbons (Fsp3) is 0.333. The van der Waals surface area contributed by atoms with Crippen LogP contribution in [0.5, 0.6) is 11.5 Å². The molecule has 37 heavy (non-hydrogen) atoms. The van der Waals surface area contributed by atoms with E-state index in [0.29, 0.717) is 17.0 Å². The zero-order chi connectivity index (χ0) is 27.0. The minimum absolute atomic E-state index is 0.166. The van der Waals surface area contributed by atoms with Crippen LogP contribution >= 0.6 is 0 Å². The summed E-state index contributed by atoms with van der Waals surface area (Å²) in [4.78, 5) is 15.5. The molecule has 4 rings (SSSR count). The lowest BCUT2D eigenvalue weighted by molar-refractivity contribution is -0.274. The van der Waals surface area contributed by atoms with E-state index in [0.717, 1.165) is 27.7 Å². The Morgan fingerprint density at radius 1 is 1.05 bits per heavy atom. The van der Waals surface area contributed by atoms with Gasteiger partial charge in [-0.3, -0.25) is 9.48 Å². The molecule has 2 heterocycles. The number of halogens is 3. The largest absolute Gasteiger partial charge is 0.573 e. The van der Waals surface area contributed by atoms with E-state index in [2.05, 4.69) is 14.8 Å². The van der Waals surface area contributed by atoms with Crippen LogP contribution in [0.4, 0.5) is 13.2 Å². The molecule has 0 aliphatic rings. The molecule has 0 fully saturated rings. The van der Waals surface area contributed by atoms with Crippen molar-refractivity contribution in [3.63, 3.8) is 0 Å². The van der Waals surface area contributed by atoms with Gasteiger partial charge in [-0.1, -0.05) is 0 Å². The predicted octanol–water partition coefficient (Wildman–Crippen LogP) is 6.24. The molecule has 0 saturated carbocycles. The Morgan fingerprint density at radius 3 is 2.41 bits per heavy atom. The van der Waals surface area contributed by atoms with Crippen LogP contribution in [0.1, 0.15) is 37.6 Å². The van der Waals surface area contributed by atoms with Crippen molar-refractivity contribution in [1.82, 2.24) is 14.8 Å². The summed E-state index contributed by atoms with van der Waals surface area (Å²) >= 11 is 0. The Balaban J connectivity index is 1.45. The number of carbonyl (C=O) groups excluding carboxylic acids is 1. The highest BCUT2D eigenvalue weighted by molar-refractivity contribution is 5.91. The fourth-order valence-electron chi connectivity index (χ4n) is 4.05. The van der Waals surface area contributed by atoms with Crippen molar-refractivity contribution in [2.24, 2.45) is 7.05 Å². The summed E-state index contributed by atoms with van der Waals surface area (Å²) in [5.74, 6) is 0.0646. The molecule has 2 aromatic heterocycles. The Bertz CT molecular complexity index is 1410. The van der Waals surface area contributed by atoms with Crippen molar-refractivity contribution >= 4 is 16.9 Å². The molecular formula is C27H28F3N3O4. The third-order valence-corrected chi connectivity index (χ3v) is 5.53. The fourth-order valence-corrected chi connectivity index (χ4v) is 4.05. The first-order valence-corrected chi connectivity index (χ1v) is 11.6. The van der Waals surface area contributed by atoms with E-state index >= 15 is 0 Å². The molecule has 196 valence electrons. The third kappa shape index (κ3) is 6.63. The first-order valence-electron chi connectivity index (χ1n) is 11.6. The van der Waals surface area contributed by atoms with Crippen molar-refractivity contribution in [3.8, 4) is 22.8 Å². The standard InChI is InChI=1S/C27H28F3N3O4/c1-16-10-21(13-23-25(16)18(14-31-23)11-24(34)37-26(2,3)4)35-15-19-12-22(32-33(19)5)17-6-8-20(9-7-17)36-27(28,29)30/h6-10,12-14,31H,11,15H2,1-5H3. The van der Waals surface area contributed by atoms with E-state index in [4.69, 9.17) is 9.47 Å². The van der Waals surface area contributed by atoms with Crippen molar-refractivity contribution in [2.75, 3.05) is 0 Å². The number of aromatic amines is 1. The smallest absolute Gasteiger partial charge is 0.487 e. The Labute approximate surface area is 212 Å². The molecule has 10 heteroatoms. The lowest BCUT2D eigenvalue weighted by Gasteiger charge is -2.19. The van der Waals surface area contributed by atoms with Crippen molar-refractivity contribution in [1.29, 1.82) is 0 Å². The monoisotopic (exact) mass is 515 g/mol. The van der Waals surface area contributed by atoms with Crippen LogP contribution in [-0.4, -0.2) is 32.7 Å². The van der Waals surface area contributed by atoms with Crippen LogP contribution < -0.4 is 9.47 Å². The third-order valence-electron chi connectivity index (χ3n) is 5.53. The van der Waals surface area contributed by atoms with Gasteiger partial charge in [0, 0.05) is 35.8 Å². The predicted molar refractivity (Wildman–Crippen MR) is 132 cm³/mol. The topological polar surface area (TPSA) is 78.4 Å². The number of alkyl halides is 3. The average molecular weight is 516 g/mol. The van der Waals surface area contributed by atoms with Crippen LogP contribution in [0, 0.1) is 6.92 Å². The number of aromatic nitrogens is 3.